The predicted molar refractivity (Wildman–Crippen MR) is 73.7 cm³/mol. The third-order valence-corrected chi connectivity index (χ3v) is 2.82. The lowest BCUT2D eigenvalue weighted by Crippen LogP contribution is -2.29. The lowest BCUT2D eigenvalue weighted by molar-refractivity contribution is -0.385. The van der Waals surface area contributed by atoms with Gasteiger partial charge in [-0.25, -0.2) is 0 Å². The Bertz CT molecular complexity index is 637. The van der Waals surface area contributed by atoms with E-state index in [0.717, 1.165) is 6.20 Å². The van der Waals surface area contributed by atoms with Crippen molar-refractivity contribution in [2.45, 2.75) is 19.5 Å². The predicted octanol–water partition coefficient (Wildman–Crippen LogP) is 0.848. The van der Waals surface area contributed by atoms with Gasteiger partial charge in [0.25, 0.3) is 0 Å². The Morgan fingerprint density at radius 1 is 1.33 bits per heavy atom. The molecular formula is C11H13ClN6O3. The topological polar surface area (TPSA) is 108 Å². The number of hydrogen-bond donors (Lipinski definition) is 1. The molecule has 112 valence electrons. The Labute approximate surface area is 124 Å². The van der Waals surface area contributed by atoms with Crippen molar-refractivity contribution in [1.29, 1.82) is 0 Å². The van der Waals surface area contributed by atoms with Gasteiger partial charge in [0.1, 0.15) is 18.9 Å². The number of carbonyl (C=O) groups excluding carboxylic acids is 1. The second-order valence-corrected chi connectivity index (χ2v) is 4.71. The van der Waals surface area contributed by atoms with E-state index < -0.39 is 4.92 Å². The van der Waals surface area contributed by atoms with E-state index in [1.807, 2.05) is 0 Å². The molecule has 0 fully saturated rings. The molecule has 10 heteroatoms. The molecule has 2 rings (SSSR count). The van der Waals surface area contributed by atoms with Crippen molar-refractivity contribution in [3.63, 3.8) is 0 Å². The van der Waals surface area contributed by atoms with E-state index in [1.54, 1.807) is 17.1 Å². The van der Waals surface area contributed by atoms with Crippen molar-refractivity contribution in [3.8, 4) is 0 Å². The highest BCUT2D eigenvalue weighted by atomic mass is 35.5. The van der Waals surface area contributed by atoms with Gasteiger partial charge in [-0.05, 0) is 6.42 Å². The smallest absolute Gasteiger partial charge is 0.307 e. The van der Waals surface area contributed by atoms with E-state index in [1.165, 1.54) is 10.9 Å². The minimum Gasteiger partial charge on any atom is -0.354 e. The minimum atomic E-state index is -0.559. The van der Waals surface area contributed by atoms with Gasteiger partial charge in [0.2, 0.25) is 5.91 Å². The molecule has 0 unspecified atom stereocenters. The molecule has 1 N–H and O–H groups in total. The lowest BCUT2D eigenvalue weighted by atomic mass is 10.4. The largest absolute Gasteiger partial charge is 0.354 e. The van der Waals surface area contributed by atoms with Crippen LogP contribution in [0.25, 0.3) is 0 Å². The number of nitrogens with zero attached hydrogens (tertiary/aromatic N) is 5. The standard InChI is InChI=1S/C11H13ClN6O3/c12-9-4-14-16(6-9)3-1-2-13-11(19)8-17-7-10(5-15-17)18(20)21/h4-7H,1-3,8H2,(H,13,19). The van der Waals surface area contributed by atoms with Gasteiger partial charge in [-0.2, -0.15) is 10.2 Å². The first-order valence-electron chi connectivity index (χ1n) is 6.16. The summed E-state index contributed by atoms with van der Waals surface area (Å²) in [7, 11) is 0. The Morgan fingerprint density at radius 3 is 2.71 bits per heavy atom. The fraction of sp³-hybridized carbons (Fsp3) is 0.364. The molecule has 0 bridgehead atoms. The zero-order valence-electron chi connectivity index (χ0n) is 11.0. The number of hydrogen-bond acceptors (Lipinski definition) is 5. The zero-order valence-corrected chi connectivity index (χ0v) is 11.7. The highest BCUT2D eigenvalue weighted by Crippen LogP contribution is 2.07. The molecule has 0 aromatic carbocycles. The van der Waals surface area contributed by atoms with Crippen LogP contribution < -0.4 is 5.32 Å². The average molecular weight is 313 g/mol. The van der Waals surface area contributed by atoms with Gasteiger partial charge in [0.15, 0.2) is 0 Å². The van der Waals surface area contributed by atoms with Crippen LogP contribution in [0.1, 0.15) is 6.42 Å². The van der Waals surface area contributed by atoms with Gasteiger partial charge < -0.3 is 5.32 Å². The van der Waals surface area contributed by atoms with E-state index in [-0.39, 0.29) is 18.1 Å². The molecule has 1 amide bonds. The number of rotatable bonds is 7. The van der Waals surface area contributed by atoms with Crippen LogP contribution in [0.5, 0.6) is 0 Å². The Hall–Kier alpha value is -2.42. The van der Waals surface area contributed by atoms with E-state index in [0.29, 0.717) is 24.5 Å². The summed E-state index contributed by atoms with van der Waals surface area (Å²) in [5, 5.41) is 21.5. The molecule has 9 nitrogen and oxygen atoms in total. The summed E-state index contributed by atoms with van der Waals surface area (Å²) in [6, 6.07) is 0. The molecule has 2 heterocycles. The summed E-state index contributed by atoms with van der Waals surface area (Å²) in [5.74, 6) is -0.258. The highest BCUT2D eigenvalue weighted by Gasteiger charge is 2.10. The average Bonchev–Trinajstić information content (AvgIpc) is 3.04. The molecule has 21 heavy (non-hydrogen) atoms. The quantitative estimate of drug-likeness (QED) is 0.463. The van der Waals surface area contributed by atoms with Crippen molar-refractivity contribution in [3.05, 3.63) is 39.9 Å². The molecule has 0 saturated carbocycles. The van der Waals surface area contributed by atoms with Gasteiger partial charge in [-0.1, -0.05) is 11.6 Å². The van der Waals surface area contributed by atoms with Crippen LogP contribution in [-0.2, 0) is 17.9 Å². The van der Waals surface area contributed by atoms with Gasteiger partial charge in [-0.3, -0.25) is 24.3 Å². The highest BCUT2D eigenvalue weighted by molar-refractivity contribution is 6.30. The molecule has 0 aliphatic carbocycles. The van der Waals surface area contributed by atoms with E-state index in [9.17, 15) is 14.9 Å². The van der Waals surface area contributed by atoms with Crippen LogP contribution in [-0.4, -0.2) is 36.9 Å². The van der Waals surface area contributed by atoms with Crippen LogP contribution in [0.3, 0.4) is 0 Å². The number of carbonyl (C=O) groups is 1. The van der Waals surface area contributed by atoms with Crippen molar-refractivity contribution >= 4 is 23.2 Å². The SMILES string of the molecule is O=C(Cn1cc([N+](=O)[O-])cn1)NCCCn1cc(Cl)cn1. The number of nitro groups is 1. The molecule has 2 aromatic heterocycles. The normalized spacial score (nSPS) is 10.5. The Kier molecular flexibility index (Phi) is 4.88. The van der Waals surface area contributed by atoms with Crippen LogP contribution in [0.4, 0.5) is 5.69 Å². The summed E-state index contributed by atoms with van der Waals surface area (Å²) in [6.45, 7) is 1.06. The molecule has 0 radical (unpaired) electrons. The number of aryl methyl sites for hydroxylation is 1. The number of halogens is 1. The zero-order chi connectivity index (χ0) is 15.2. The molecule has 0 saturated heterocycles. The summed E-state index contributed by atoms with van der Waals surface area (Å²) in [4.78, 5) is 21.5. The number of amides is 1. The van der Waals surface area contributed by atoms with E-state index in [2.05, 4.69) is 15.5 Å². The third-order valence-electron chi connectivity index (χ3n) is 2.62. The monoisotopic (exact) mass is 312 g/mol. The molecule has 0 spiro atoms. The van der Waals surface area contributed by atoms with Gasteiger partial charge >= 0.3 is 5.69 Å². The van der Waals surface area contributed by atoms with E-state index >= 15 is 0 Å². The van der Waals surface area contributed by atoms with Crippen molar-refractivity contribution in [1.82, 2.24) is 24.9 Å². The molecule has 2 aromatic rings. The minimum absolute atomic E-state index is 0.0541. The molecular weight excluding hydrogens is 300 g/mol. The summed E-state index contributed by atoms with van der Waals surface area (Å²) in [6.07, 6.45) is 6.26. The fourth-order valence-electron chi connectivity index (χ4n) is 1.67. The lowest BCUT2D eigenvalue weighted by Gasteiger charge is -2.05. The second kappa shape index (κ2) is 6.84. The second-order valence-electron chi connectivity index (χ2n) is 4.28. The van der Waals surface area contributed by atoms with Crippen LogP contribution in [0, 0.1) is 10.1 Å². The maximum absolute atomic E-state index is 11.6. The summed E-state index contributed by atoms with van der Waals surface area (Å²) in [5.41, 5.74) is -0.140. The first-order chi connectivity index (χ1) is 10.0. The molecule has 0 aliphatic rings. The number of nitrogens with one attached hydrogen (secondary N) is 1. The molecule has 0 atom stereocenters. The van der Waals surface area contributed by atoms with Gasteiger partial charge in [-0.15, -0.1) is 0 Å². The summed E-state index contributed by atoms with van der Waals surface area (Å²) < 4.78 is 2.91. The van der Waals surface area contributed by atoms with Crippen molar-refractivity contribution in [2.24, 2.45) is 0 Å². The molecule has 0 aliphatic heterocycles. The number of aromatic nitrogens is 4. The maximum atomic E-state index is 11.6. The van der Waals surface area contributed by atoms with Gasteiger partial charge in [0, 0.05) is 19.3 Å². The Morgan fingerprint density at radius 2 is 2.10 bits per heavy atom. The van der Waals surface area contributed by atoms with Gasteiger partial charge in [0.05, 0.1) is 16.1 Å². The van der Waals surface area contributed by atoms with Crippen LogP contribution >= 0.6 is 11.6 Å². The first-order valence-corrected chi connectivity index (χ1v) is 6.54. The maximum Gasteiger partial charge on any atom is 0.307 e. The van der Waals surface area contributed by atoms with Crippen LogP contribution in [0.15, 0.2) is 24.8 Å². The third kappa shape index (κ3) is 4.56. The van der Waals surface area contributed by atoms with E-state index in [4.69, 9.17) is 11.6 Å². The van der Waals surface area contributed by atoms with Crippen LogP contribution in [0.2, 0.25) is 5.02 Å². The Balaban J connectivity index is 1.68. The first kappa shape index (κ1) is 15.0. The fourth-order valence-corrected chi connectivity index (χ4v) is 1.82. The summed E-state index contributed by atoms with van der Waals surface area (Å²) >= 11 is 5.73. The van der Waals surface area contributed by atoms with Crippen molar-refractivity contribution < 1.29 is 9.72 Å². The van der Waals surface area contributed by atoms with Crippen molar-refractivity contribution in [2.75, 3.05) is 6.54 Å².